The summed E-state index contributed by atoms with van der Waals surface area (Å²) in [4.78, 5) is 17.7. The molecule has 2 aliphatic heterocycles. The second kappa shape index (κ2) is 9.33. The van der Waals surface area contributed by atoms with E-state index in [9.17, 15) is 0 Å². The molecule has 4 aromatic rings. The Labute approximate surface area is 203 Å². The Bertz CT molecular complexity index is 1340. The van der Waals surface area contributed by atoms with Gasteiger partial charge in [0.25, 0.3) is 0 Å². The van der Waals surface area contributed by atoms with Crippen LogP contribution in [0.5, 0.6) is 5.88 Å². The monoisotopic (exact) mass is 474 g/mol. The first-order valence-corrected chi connectivity index (χ1v) is 12.5. The molecule has 3 aliphatic rings. The fourth-order valence-electron chi connectivity index (χ4n) is 4.53. The number of hydrogen-bond donors (Lipinski definition) is 0. The third-order valence-electron chi connectivity index (χ3n) is 6.77. The number of aryl methyl sites for hydroxylation is 3. The quantitative estimate of drug-likeness (QED) is 0.436. The van der Waals surface area contributed by atoms with Crippen LogP contribution in [0.25, 0.3) is 22.4 Å². The van der Waals surface area contributed by atoms with Crippen molar-refractivity contribution in [3.05, 3.63) is 41.9 Å². The van der Waals surface area contributed by atoms with Gasteiger partial charge in [-0.3, -0.25) is 4.68 Å². The molecule has 1 aliphatic carbocycles. The summed E-state index contributed by atoms with van der Waals surface area (Å²) in [6.45, 7) is 6.34. The standard InChI is InChI=1S/C14H14N6O.C11H16N2O/c1-8-9(2)19-13-12(18-8)11(15-7-16-13)10-6-17-20-4-3-5-21-14(10)20;1-2-6-14-11(3-1)9-7-12-13(8-9)10-4-5-10/h6-7H,3-5H2,1-2H3;7-8,10-11H,1-6H2/t;11-/m.1/s1. The minimum atomic E-state index is 0.316. The van der Waals surface area contributed by atoms with Crippen molar-refractivity contribution in [3.63, 3.8) is 0 Å². The van der Waals surface area contributed by atoms with Gasteiger partial charge >= 0.3 is 0 Å². The molecule has 0 amide bonds. The maximum absolute atomic E-state index is 5.74. The summed E-state index contributed by atoms with van der Waals surface area (Å²) in [5.74, 6) is 0.751. The Kier molecular flexibility index (Phi) is 5.89. The lowest BCUT2D eigenvalue weighted by molar-refractivity contribution is 0.0149. The molecule has 4 aromatic heterocycles. The topological polar surface area (TPSA) is 106 Å². The maximum atomic E-state index is 5.74. The van der Waals surface area contributed by atoms with Crippen LogP contribution in [0.15, 0.2) is 24.9 Å². The highest BCUT2D eigenvalue weighted by Gasteiger charge is 2.26. The highest BCUT2D eigenvalue weighted by molar-refractivity contribution is 5.88. The first-order valence-electron chi connectivity index (χ1n) is 12.5. The summed E-state index contributed by atoms with van der Waals surface area (Å²) < 4.78 is 15.4. The van der Waals surface area contributed by atoms with E-state index in [2.05, 4.69) is 41.0 Å². The Morgan fingerprint density at radius 3 is 2.63 bits per heavy atom. The summed E-state index contributed by atoms with van der Waals surface area (Å²) in [6.07, 6.45) is 15.0. The number of nitrogens with zero attached hydrogens (tertiary/aromatic N) is 8. The lowest BCUT2D eigenvalue weighted by Gasteiger charge is -2.21. The van der Waals surface area contributed by atoms with Gasteiger partial charge in [0.05, 0.1) is 48.1 Å². The van der Waals surface area contributed by atoms with Crippen molar-refractivity contribution in [2.24, 2.45) is 0 Å². The summed E-state index contributed by atoms with van der Waals surface area (Å²) in [7, 11) is 0. The minimum Gasteiger partial charge on any atom is -0.477 e. The van der Waals surface area contributed by atoms with Crippen LogP contribution in [0, 0.1) is 13.8 Å². The van der Waals surface area contributed by atoms with Gasteiger partial charge in [-0.15, -0.1) is 0 Å². The molecule has 0 N–H and O–H groups in total. The van der Waals surface area contributed by atoms with E-state index in [4.69, 9.17) is 9.47 Å². The number of fused-ring (bicyclic) bond motifs is 2. The Balaban J connectivity index is 0.000000141. The van der Waals surface area contributed by atoms with Crippen molar-refractivity contribution >= 4 is 11.2 Å². The summed E-state index contributed by atoms with van der Waals surface area (Å²) >= 11 is 0. The zero-order valence-electron chi connectivity index (χ0n) is 20.2. The van der Waals surface area contributed by atoms with Gasteiger partial charge in [0.15, 0.2) is 5.65 Å². The van der Waals surface area contributed by atoms with E-state index in [1.807, 2.05) is 24.7 Å². The van der Waals surface area contributed by atoms with Gasteiger partial charge in [-0.1, -0.05) is 0 Å². The summed E-state index contributed by atoms with van der Waals surface area (Å²) in [5, 5.41) is 8.75. The molecule has 10 heteroatoms. The highest BCUT2D eigenvalue weighted by Crippen LogP contribution is 2.36. The predicted octanol–water partition coefficient (Wildman–Crippen LogP) is 4.14. The van der Waals surface area contributed by atoms with Crippen LogP contribution in [0.3, 0.4) is 0 Å². The fourth-order valence-corrected chi connectivity index (χ4v) is 4.53. The predicted molar refractivity (Wildman–Crippen MR) is 129 cm³/mol. The van der Waals surface area contributed by atoms with Crippen molar-refractivity contribution in [3.8, 4) is 17.1 Å². The van der Waals surface area contributed by atoms with Crippen LogP contribution in [-0.4, -0.2) is 52.7 Å². The van der Waals surface area contributed by atoms with Crippen LogP contribution < -0.4 is 4.74 Å². The van der Waals surface area contributed by atoms with Gasteiger partial charge in [0.2, 0.25) is 5.88 Å². The molecule has 0 aromatic carbocycles. The third kappa shape index (κ3) is 4.50. The third-order valence-corrected chi connectivity index (χ3v) is 6.77. The minimum absolute atomic E-state index is 0.316. The first-order chi connectivity index (χ1) is 17.2. The van der Waals surface area contributed by atoms with Crippen LogP contribution in [0.1, 0.15) is 67.6 Å². The molecule has 0 radical (unpaired) electrons. The molecule has 0 unspecified atom stereocenters. The Morgan fingerprint density at radius 2 is 1.80 bits per heavy atom. The van der Waals surface area contributed by atoms with Crippen molar-refractivity contribution in [1.29, 1.82) is 0 Å². The van der Waals surface area contributed by atoms with E-state index < -0.39 is 0 Å². The maximum Gasteiger partial charge on any atom is 0.221 e. The average Bonchev–Trinajstić information content (AvgIpc) is 3.46. The zero-order valence-corrected chi connectivity index (χ0v) is 20.2. The average molecular weight is 475 g/mol. The van der Waals surface area contributed by atoms with Crippen LogP contribution in [0.4, 0.5) is 0 Å². The van der Waals surface area contributed by atoms with Crippen LogP contribution >= 0.6 is 0 Å². The second-order valence-corrected chi connectivity index (χ2v) is 9.42. The molecule has 7 rings (SSSR count). The van der Waals surface area contributed by atoms with E-state index in [1.54, 1.807) is 6.20 Å². The molecule has 182 valence electrons. The van der Waals surface area contributed by atoms with Gasteiger partial charge in [-0.05, 0) is 46.0 Å². The molecule has 2 fully saturated rings. The lowest BCUT2D eigenvalue weighted by Crippen LogP contribution is -2.15. The number of rotatable bonds is 3. The molecule has 0 bridgehead atoms. The van der Waals surface area contributed by atoms with E-state index in [-0.39, 0.29) is 0 Å². The normalized spacial score (nSPS) is 19.5. The number of aromatic nitrogens is 8. The van der Waals surface area contributed by atoms with Crippen molar-refractivity contribution in [2.45, 2.75) is 71.1 Å². The molecule has 1 saturated heterocycles. The molecule has 1 atom stereocenters. The van der Waals surface area contributed by atoms with Gasteiger partial charge < -0.3 is 9.47 Å². The highest BCUT2D eigenvalue weighted by atomic mass is 16.5. The second-order valence-electron chi connectivity index (χ2n) is 9.42. The first kappa shape index (κ1) is 22.1. The largest absolute Gasteiger partial charge is 0.477 e. The van der Waals surface area contributed by atoms with Crippen LogP contribution in [0.2, 0.25) is 0 Å². The van der Waals surface area contributed by atoms with Crippen molar-refractivity contribution in [1.82, 2.24) is 39.5 Å². The molecule has 10 nitrogen and oxygen atoms in total. The van der Waals surface area contributed by atoms with Crippen molar-refractivity contribution < 1.29 is 9.47 Å². The van der Waals surface area contributed by atoms with E-state index in [0.29, 0.717) is 29.9 Å². The molecule has 1 saturated carbocycles. The molecule has 35 heavy (non-hydrogen) atoms. The molecule has 0 spiro atoms. The number of ether oxygens (including phenoxy) is 2. The summed E-state index contributed by atoms with van der Waals surface area (Å²) in [6, 6.07) is 0.687. The van der Waals surface area contributed by atoms with Gasteiger partial charge in [0.1, 0.15) is 17.5 Å². The summed E-state index contributed by atoms with van der Waals surface area (Å²) in [5.41, 5.74) is 5.88. The van der Waals surface area contributed by atoms with Crippen molar-refractivity contribution in [2.75, 3.05) is 13.2 Å². The van der Waals surface area contributed by atoms with Gasteiger partial charge in [-0.25, -0.2) is 24.6 Å². The SMILES string of the molecule is Cc1nc2ncnc(-c3cnn4c3OCCC4)c2nc1C.c1nn(C2CC2)cc1[C@H]1CCCCO1. The Hall–Kier alpha value is -3.40. The fraction of sp³-hybridized carbons (Fsp3) is 0.520. The van der Waals surface area contributed by atoms with E-state index in [0.717, 1.165) is 54.5 Å². The van der Waals surface area contributed by atoms with E-state index >= 15 is 0 Å². The van der Waals surface area contributed by atoms with Crippen LogP contribution in [-0.2, 0) is 11.3 Å². The van der Waals surface area contributed by atoms with E-state index in [1.165, 1.54) is 37.6 Å². The Morgan fingerprint density at radius 1 is 0.914 bits per heavy atom. The number of hydrogen-bond acceptors (Lipinski definition) is 8. The molecular weight excluding hydrogens is 444 g/mol. The zero-order chi connectivity index (χ0) is 23.8. The molecular formula is C25H30N8O2. The lowest BCUT2D eigenvalue weighted by atomic mass is 10.0. The smallest absolute Gasteiger partial charge is 0.221 e. The van der Waals surface area contributed by atoms with Gasteiger partial charge in [-0.2, -0.15) is 10.2 Å². The molecule has 6 heterocycles. The van der Waals surface area contributed by atoms with Gasteiger partial charge in [0, 0.05) is 31.3 Å².